The number of hydrogen-bond acceptors (Lipinski definition) is 10. The fourth-order valence-corrected chi connectivity index (χ4v) is 7.19. The molecule has 2 atom stereocenters. The molecule has 8 rings (SSSR count). The topological polar surface area (TPSA) is 204 Å². The minimum Gasteiger partial charge on any atom is -0.337 e. The number of hydrogen-bond donors (Lipinski definition) is 2. The molecule has 2 aromatic carbocycles. The third-order valence-corrected chi connectivity index (χ3v) is 10.3. The normalized spacial score (nSPS) is 16.6. The molecule has 6 heterocycles. The molecule has 0 saturated heterocycles. The van der Waals surface area contributed by atoms with Gasteiger partial charge in [-0.15, -0.1) is 10.2 Å². The van der Waals surface area contributed by atoms with Gasteiger partial charge in [0.05, 0.1) is 13.1 Å². The number of carbonyl (C=O) groups is 4. The molecule has 18 heteroatoms. The van der Waals surface area contributed by atoms with Gasteiger partial charge in [0, 0.05) is 38.8 Å². The van der Waals surface area contributed by atoms with Crippen LogP contribution in [-0.4, -0.2) is 88.5 Å². The maximum absolute atomic E-state index is 13.9. The lowest BCUT2D eigenvalue weighted by atomic mass is 10.0. The van der Waals surface area contributed by atoms with E-state index in [1.54, 1.807) is 55.2 Å². The zero-order valence-electron chi connectivity index (χ0n) is 31.6. The number of aromatic nitrogens is 8. The van der Waals surface area contributed by atoms with Gasteiger partial charge in [-0.2, -0.15) is 0 Å². The Hall–Kier alpha value is -7.50. The quantitative estimate of drug-likeness (QED) is 0.215. The summed E-state index contributed by atoms with van der Waals surface area (Å²) in [7, 11) is 3.13. The number of pyridine rings is 2. The maximum atomic E-state index is 13.9. The molecule has 0 aliphatic carbocycles. The van der Waals surface area contributed by atoms with E-state index in [1.807, 2.05) is 42.5 Å². The smallest absolute Gasteiger partial charge is 0.291 e. The van der Waals surface area contributed by atoms with Crippen molar-refractivity contribution >= 4 is 35.3 Å². The summed E-state index contributed by atoms with van der Waals surface area (Å²) in [6.45, 7) is 1.14. The van der Waals surface area contributed by atoms with Gasteiger partial charge in [0.15, 0.2) is 0 Å². The average Bonchev–Trinajstić information content (AvgIpc) is 3.86. The van der Waals surface area contributed by atoms with E-state index in [0.717, 1.165) is 11.1 Å². The SMILES string of the molecule is CN1C(=O)[C@@H](NC(=O)c2ncn(Cc3ccc(-c4ccc5n(c4=O)CC[C@@H](NC(=O)c4ncn(Cc6ccccc6)n4)C(=O)N5C)cc3)n2)CCn2c1cccc2=O. The number of benzene rings is 2. The first-order valence-corrected chi connectivity index (χ1v) is 18.6. The first kappa shape index (κ1) is 37.4. The van der Waals surface area contributed by atoms with Gasteiger partial charge in [0.2, 0.25) is 23.5 Å². The van der Waals surface area contributed by atoms with Crippen molar-refractivity contribution in [2.75, 3.05) is 23.9 Å². The van der Waals surface area contributed by atoms with Crippen molar-refractivity contribution in [3.8, 4) is 11.1 Å². The molecule has 6 aromatic rings. The first-order valence-electron chi connectivity index (χ1n) is 18.6. The molecule has 58 heavy (non-hydrogen) atoms. The highest BCUT2D eigenvalue weighted by atomic mass is 16.2. The lowest BCUT2D eigenvalue weighted by molar-refractivity contribution is -0.120. The molecular formula is C40H38N12O6. The van der Waals surface area contributed by atoms with Gasteiger partial charge in [-0.05, 0) is 47.7 Å². The Bertz CT molecular complexity index is 2660. The monoisotopic (exact) mass is 782 g/mol. The molecule has 2 aliphatic heterocycles. The summed E-state index contributed by atoms with van der Waals surface area (Å²) in [6.07, 6.45) is 3.28. The highest BCUT2D eigenvalue weighted by Crippen LogP contribution is 2.24. The number of anilines is 2. The fraction of sp³-hybridized carbons (Fsp3) is 0.250. The zero-order chi connectivity index (χ0) is 40.5. The molecule has 0 unspecified atom stereocenters. The zero-order valence-corrected chi connectivity index (χ0v) is 31.6. The molecular weight excluding hydrogens is 745 g/mol. The summed E-state index contributed by atoms with van der Waals surface area (Å²) >= 11 is 0. The molecule has 2 N–H and O–H groups in total. The first-order chi connectivity index (χ1) is 28.0. The van der Waals surface area contributed by atoms with Gasteiger partial charge in [-0.1, -0.05) is 60.7 Å². The predicted molar refractivity (Wildman–Crippen MR) is 210 cm³/mol. The van der Waals surface area contributed by atoms with E-state index in [2.05, 4.69) is 30.8 Å². The minimum atomic E-state index is -0.907. The standard InChI is InChI=1S/C40H38N12O6/c1-47-31-9-6-10-33(53)51(31)19-17-29(39(47)57)43-36(54)35-42-24-50(46-35)22-26-11-13-27(14-12-26)28-15-16-32-48(2)40(58)30(18-20-52(32)38(28)56)44-37(55)34-41-23-49(45-34)21-25-7-4-3-5-8-25/h3-16,23-24,29-30H,17-22H2,1-2H3,(H,43,54)(H,44,55)/t29-,30+/m0/s1. The van der Waals surface area contributed by atoms with Crippen molar-refractivity contribution in [3.05, 3.63) is 141 Å². The van der Waals surface area contributed by atoms with Crippen molar-refractivity contribution in [1.82, 2.24) is 49.3 Å². The third kappa shape index (κ3) is 7.41. The summed E-state index contributed by atoms with van der Waals surface area (Å²) in [5, 5.41) is 14.1. The Morgan fingerprint density at radius 2 is 1.16 bits per heavy atom. The highest BCUT2D eigenvalue weighted by molar-refractivity contribution is 6.01. The van der Waals surface area contributed by atoms with E-state index in [-0.39, 0.29) is 67.1 Å². The van der Waals surface area contributed by atoms with Crippen LogP contribution >= 0.6 is 0 Å². The van der Waals surface area contributed by atoms with Crippen LogP contribution in [0, 0.1) is 0 Å². The fourth-order valence-electron chi connectivity index (χ4n) is 7.19. The van der Waals surface area contributed by atoms with Crippen molar-refractivity contribution in [3.63, 3.8) is 0 Å². The summed E-state index contributed by atoms with van der Waals surface area (Å²) in [5.41, 5.74) is 2.38. The molecule has 2 aliphatic rings. The lowest BCUT2D eigenvalue weighted by Gasteiger charge is -2.21. The van der Waals surface area contributed by atoms with Gasteiger partial charge in [0.1, 0.15) is 36.4 Å². The van der Waals surface area contributed by atoms with Crippen LogP contribution in [0.2, 0.25) is 0 Å². The van der Waals surface area contributed by atoms with Crippen LogP contribution in [0.3, 0.4) is 0 Å². The molecule has 294 valence electrons. The van der Waals surface area contributed by atoms with Crippen molar-refractivity contribution in [2.24, 2.45) is 0 Å². The Morgan fingerprint density at radius 3 is 1.74 bits per heavy atom. The van der Waals surface area contributed by atoms with Crippen LogP contribution in [0.25, 0.3) is 11.1 Å². The van der Waals surface area contributed by atoms with Crippen LogP contribution in [0.15, 0.2) is 107 Å². The van der Waals surface area contributed by atoms with E-state index < -0.39 is 23.9 Å². The predicted octanol–water partition coefficient (Wildman–Crippen LogP) is 1.29. The number of rotatable bonds is 9. The number of fused-ring (bicyclic) bond motifs is 2. The third-order valence-electron chi connectivity index (χ3n) is 10.3. The maximum Gasteiger partial charge on any atom is 0.291 e. The van der Waals surface area contributed by atoms with Crippen LogP contribution in [0.1, 0.15) is 45.2 Å². The number of likely N-dealkylation sites (N-methyl/N-ethyl adjacent to an activating group) is 2. The van der Waals surface area contributed by atoms with Gasteiger partial charge in [-0.25, -0.2) is 19.3 Å². The van der Waals surface area contributed by atoms with Crippen LogP contribution in [0.5, 0.6) is 0 Å². The molecule has 0 bridgehead atoms. The summed E-state index contributed by atoms with van der Waals surface area (Å²) < 4.78 is 6.07. The second-order valence-corrected chi connectivity index (χ2v) is 14.1. The number of carbonyl (C=O) groups excluding carboxylic acids is 4. The van der Waals surface area contributed by atoms with Crippen molar-refractivity contribution in [1.29, 1.82) is 0 Å². The summed E-state index contributed by atoms with van der Waals surface area (Å²) in [6, 6.07) is 23.2. The summed E-state index contributed by atoms with van der Waals surface area (Å²) in [4.78, 5) is 90.0. The molecule has 4 amide bonds. The molecule has 4 aromatic heterocycles. The van der Waals surface area contributed by atoms with E-state index in [0.29, 0.717) is 29.3 Å². The Morgan fingerprint density at radius 1 is 0.621 bits per heavy atom. The van der Waals surface area contributed by atoms with E-state index in [9.17, 15) is 28.8 Å². The minimum absolute atomic E-state index is 0.0608. The van der Waals surface area contributed by atoms with E-state index in [4.69, 9.17) is 0 Å². The van der Waals surface area contributed by atoms with Gasteiger partial charge in [0.25, 0.3) is 22.9 Å². The molecule has 18 nitrogen and oxygen atoms in total. The number of nitrogens with zero attached hydrogens (tertiary/aromatic N) is 10. The second kappa shape index (κ2) is 15.6. The van der Waals surface area contributed by atoms with Gasteiger partial charge >= 0.3 is 0 Å². The number of nitrogens with one attached hydrogen (secondary N) is 2. The Balaban J connectivity index is 0.897. The average molecular weight is 783 g/mol. The van der Waals surface area contributed by atoms with Crippen molar-refractivity contribution in [2.45, 2.75) is 51.1 Å². The number of amides is 4. The Labute approximate surface area is 330 Å². The molecule has 0 fully saturated rings. The van der Waals surface area contributed by atoms with Crippen LogP contribution in [0.4, 0.5) is 11.6 Å². The summed E-state index contributed by atoms with van der Waals surface area (Å²) in [5.74, 6) is -1.25. The second-order valence-electron chi connectivity index (χ2n) is 14.1. The van der Waals surface area contributed by atoms with E-state index in [1.165, 1.54) is 42.3 Å². The molecule has 0 saturated carbocycles. The van der Waals surface area contributed by atoms with Crippen LogP contribution < -0.4 is 31.6 Å². The van der Waals surface area contributed by atoms with Crippen LogP contribution in [-0.2, 0) is 35.8 Å². The van der Waals surface area contributed by atoms with E-state index >= 15 is 0 Å². The van der Waals surface area contributed by atoms with Crippen molar-refractivity contribution < 1.29 is 19.2 Å². The highest BCUT2D eigenvalue weighted by Gasteiger charge is 2.32. The lowest BCUT2D eigenvalue weighted by Crippen LogP contribution is -2.47. The molecule has 0 radical (unpaired) electrons. The van der Waals surface area contributed by atoms with Gasteiger partial charge < -0.3 is 10.6 Å². The largest absolute Gasteiger partial charge is 0.337 e. The Kier molecular flexibility index (Phi) is 10.0. The van der Waals surface area contributed by atoms with Gasteiger partial charge in [-0.3, -0.25) is 47.7 Å². The molecule has 0 spiro atoms.